The van der Waals surface area contributed by atoms with Crippen molar-refractivity contribution in [2.45, 2.75) is 46.1 Å². The molecule has 1 aliphatic carbocycles. The topological polar surface area (TPSA) is 43.4 Å². The number of hydrogen-bond donors (Lipinski definition) is 0. The molecule has 0 aromatic heterocycles. The van der Waals surface area contributed by atoms with Gasteiger partial charge in [0.05, 0.1) is 0 Å². The van der Waals surface area contributed by atoms with Crippen molar-refractivity contribution < 1.29 is 14.3 Å². The van der Waals surface area contributed by atoms with Crippen molar-refractivity contribution in [2.75, 3.05) is 0 Å². The molecule has 0 radical (unpaired) electrons. The average molecular weight is 310 g/mol. The van der Waals surface area contributed by atoms with Gasteiger partial charge in [0, 0.05) is 22.6 Å². The van der Waals surface area contributed by atoms with Gasteiger partial charge in [-0.05, 0) is 40.5 Å². The highest BCUT2D eigenvalue weighted by atomic mass is 16.5. The number of carbonyl (C=O) groups is 2. The summed E-state index contributed by atoms with van der Waals surface area (Å²) < 4.78 is 6.25. The van der Waals surface area contributed by atoms with Crippen LogP contribution in [-0.2, 0) is 9.53 Å². The minimum Gasteiger partial charge on any atom is -0.486 e. The minimum atomic E-state index is -0.413. The Morgan fingerprint density at radius 3 is 2.48 bits per heavy atom. The largest absolute Gasteiger partial charge is 0.486 e. The van der Waals surface area contributed by atoms with E-state index in [1.54, 1.807) is 12.1 Å². The Balaban J connectivity index is 2.07. The lowest BCUT2D eigenvalue weighted by molar-refractivity contribution is -0.113. The molecule has 1 aromatic rings. The van der Waals surface area contributed by atoms with Gasteiger partial charge in [-0.15, -0.1) is 0 Å². The molecule has 0 bridgehead atoms. The van der Waals surface area contributed by atoms with E-state index in [9.17, 15) is 9.59 Å². The fourth-order valence-corrected chi connectivity index (χ4v) is 3.29. The van der Waals surface area contributed by atoms with Crippen LogP contribution in [0.5, 0.6) is 0 Å². The van der Waals surface area contributed by atoms with Gasteiger partial charge in [0.15, 0.2) is 0 Å². The molecule has 3 rings (SSSR count). The van der Waals surface area contributed by atoms with Crippen molar-refractivity contribution in [3.8, 4) is 0 Å². The normalized spacial score (nSPS) is 22.2. The molecule has 0 spiro atoms. The molecule has 1 aromatic carbocycles. The predicted molar refractivity (Wildman–Crippen MR) is 90.0 cm³/mol. The number of benzene rings is 1. The summed E-state index contributed by atoms with van der Waals surface area (Å²) in [6.07, 6.45) is 3.60. The van der Waals surface area contributed by atoms with Crippen LogP contribution >= 0.6 is 0 Å². The molecule has 0 amide bonds. The van der Waals surface area contributed by atoms with Crippen LogP contribution in [0, 0.1) is 5.92 Å². The third-order valence-electron chi connectivity index (χ3n) is 4.78. The summed E-state index contributed by atoms with van der Waals surface area (Å²) in [5.41, 5.74) is 2.62. The highest BCUT2D eigenvalue weighted by Gasteiger charge is 2.44. The third-order valence-corrected chi connectivity index (χ3v) is 4.78. The molecule has 0 saturated carbocycles. The lowest BCUT2D eigenvalue weighted by atomic mass is 9.75. The first-order valence-electron chi connectivity index (χ1n) is 8.05. The quantitative estimate of drug-likeness (QED) is 0.603. The highest BCUT2D eigenvalue weighted by Crippen LogP contribution is 2.45. The number of carbonyl (C=O) groups excluding carboxylic acids is 2. The van der Waals surface area contributed by atoms with E-state index in [0.29, 0.717) is 23.3 Å². The smallest absolute Gasteiger partial charge is 0.234 e. The molecule has 0 fully saturated rings. The second-order valence-electron chi connectivity index (χ2n) is 7.14. The summed E-state index contributed by atoms with van der Waals surface area (Å²) in [5.74, 6) is -0.0400. The molecule has 3 nitrogen and oxygen atoms in total. The molecule has 1 unspecified atom stereocenters. The van der Waals surface area contributed by atoms with Gasteiger partial charge in [-0.3, -0.25) is 9.59 Å². The number of ether oxygens (including phenoxy) is 1. The van der Waals surface area contributed by atoms with Crippen molar-refractivity contribution in [3.63, 3.8) is 0 Å². The second-order valence-corrected chi connectivity index (χ2v) is 7.14. The van der Waals surface area contributed by atoms with Crippen LogP contribution in [0.25, 0.3) is 5.76 Å². The summed E-state index contributed by atoms with van der Waals surface area (Å²) in [5, 5.41) is 0. The molecule has 3 heteroatoms. The SMILES string of the molecule is CC(C)=CCC1CC2=C(OC1(C)C)c1ccccc1C(=O)C2=O. The zero-order chi connectivity index (χ0) is 16.8. The molecule has 0 saturated heterocycles. The number of fused-ring (bicyclic) bond motifs is 2. The average Bonchev–Trinajstić information content (AvgIpc) is 2.50. The fourth-order valence-electron chi connectivity index (χ4n) is 3.29. The molecular formula is C20H22O3. The van der Waals surface area contributed by atoms with E-state index in [2.05, 4.69) is 33.8 Å². The van der Waals surface area contributed by atoms with Crippen molar-refractivity contribution in [1.29, 1.82) is 0 Å². The summed E-state index contributed by atoms with van der Waals surface area (Å²) in [7, 11) is 0. The molecular weight excluding hydrogens is 288 g/mol. The molecule has 1 atom stereocenters. The van der Waals surface area contributed by atoms with Crippen molar-refractivity contribution in [1.82, 2.24) is 0 Å². The second kappa shape index (κ2) is 5.48. The van der Waals surface area contributed by atoms with E-state index < -0.39 is 11.6 Å². The molecule has 2 aliphatic rings. The Morgan fingerprint density at radius 1 is 1.17 bits per heavy atom. The van der Waals surface area contributed by atoms with Crippen LogP contribution in [0.4, 0.5) is 0 Å². The van der Waals surface area contributed by atoms with Gasteiger partial charge >= 0.3 is 0 Å². The van der Waals surface area contributed by atoms with E-state index in [1.807, 2.05) is 12.1 Å². The predicted octanol–water partition coefficient (Wildman–Crippen LogP) is 4.33. The summed E-state index contributed by atoms with van der Waals surface area (Å²) in [6, 6.07) is 7.21. The van der Waals surface area contributed by atoms with E-state index >= 15 is 0 Å². The highest BCUT2D eigenvalue weighted by molar-refractivity contribution is 6.52. The van der Waals surface area contributed by atoms with Gasteiger partial charge in [0.1, 0.15) is 11.4 Å². The molecule has 1 aliphatic heterocycles. The first-order valence-corrected chi connectivity index (χ1v) is 8.05. The van der Waals surface area contributed by atoms with Gasteiger partial charge in [0.25, 0.3) is 0 Å². The van der Waals surface area contributed by atoms with Crippen LogP contribution in [-0.4, -0.2) is 17.2 Å². The van der Waals surface area contributed by atoms with Crippen molar-refractivity contribution in [3.05, 3.63) is 52.6 Å². The Kier molecular flexibility index (Phi) is 3.75. The minimum absolute atomic E-state index is 0.179. The Labute approximate surface area is 137 Å². The standard InChI is InChI=1S/C20H22O3/c1-12(2)9-10-13-11-16-18(22)17(21)14-7-5-6-8-15(14)19(16)23-20(13,3)4/h5-9,13H,10-11H2,1-4H3. The van der Waals surface area contributed by atoms with Gasteiger partial charge in [-0.1, -0.05) is 35.9 Å². The van der Waals surface area contributed by atoms with Gasteiger partial charge < -0.3 is 4.74 Å². The number of allylic oxidation sites excluding steroid dienone is 3. The first-order chi connectivity index (χ1) is 10.8. The van der Waals surface area contributed by atoms with Gasteiger partial charge in [0.2, 0.25) is 11.6 Å². The van der Waals surface area contributed by atoms with E-state index in [1.165, 1.54) is 5.57 Å². The van der Waals surface area contributed by atoms with E-state index in [4.69, 9.17) is 4.74 Å². The maximum absolute atomic E-state index is 12.5. The summed E-state index contributed by atoms with van der Waals surface area (Å²) >= 11 is 0. The van der Waals surface area contributed by atoms with Gasteiger partial charge in [-0.25, -0.2) is 0 Å². The maximum Gasteiger partial charge on any atom is 0.234 e. The zero-order valence-electron chi connectivity index (χ0n) is 14.1. The maximum atomic E-state index is 12.5. The Morgan fingerprint density at radius 2 is 1.83 bits per heavy atom. The number of hydrogen-bond acceptors (Lipinski definition) is 3. The lowest BCUT2D eigenvalue weighted by Crippen LogP contribution is -2.41. The third kappa shape index (κ3) is 2.65. The number of rotatable bonds is 2. The first kappa shape index (κ1) is 15.7. The molecule has 23 heavy (non-hydrogen) atoms. The summed E-state index contributed by atoms with van der Waals surface area (Å²) in [4.78, 5) is 24.9. The summed E-state index contributed by atoms with van der Waals surface area (Å²) in [6.45, 7) is 8.24. The van der Waals surface area contributed by atoms with Crippen LogP contribution < -0.4 is 0 Å². The number of ketones is 2. The fraction of sp³-hybridized carbons (Fsp3) is 0.400. The molecule has 120 valence electrons. The zero-order valence-corrected chi connectivity index (χ0v) is 14.1. The molecule has 0 N–H and O–H groups in total. The van der Waals surface area contributed by atoms with Crippen molar-refractivity contribution in [2.24, 2.45) is 5.92 Å². The van der Waals surface area contributed by atoms with Gasteiger partial charge in [-0.2, -0.15) is 0 Å². The van der Waals surface area contributed by atoms with Crippen LogP contribution in [0.1, 0.15) is 56.5 Å². The van der Waals surface area contributed by atoms with Crippen LogP contribution in [0.15, 0.2) is 41.5 Å². The van der Waals surface area contributed by atoms with Crippen LogP contribution in [0.3, 0.4) is 0 Å². The monoisotopic (exact) mass is 310 g/mol. The number of Topliss-reactive ketones (excluding diaryl/α,β-unsaturated/α-hetero) is 2. The van der Waals surface area contributed by atoms with Crippen LogP contribution in [0.2, 0.25) is 0 Å². The van der Waals surface area contributed by atoms with Crippen molar-refractivity contribution >= 4 is 17.3 Å². The van der Waals surface area contributed by atoms with E-state index in [0.717, 1.165) is 12.0 Å². The molecule has 1 heterocycles. The van der Waals surface area contributed by atoms with E-state index in [-0.39, 0.29) is 11.5 Å². The lowest BCUT2D eigenvalue weighted by Gasteiger charge is -2.42. The Hall–Kier alpha value is -2.16. The Bertz CT molecular complexity index is 746.